The molecule has 24 heavy (non-hydrogen) atoms. The second-order valence-electron chi connectivity index (χ2n) is 6.15. The fourth-order valence-electron chi connectivity index (χ4n) is 2.80. The van der Waals surface area contributed by atoms with Crippen LogP contribution in [0.2, 0.25) is 0 Å². The van der Waals surface area contributed by atoms with E-state index in [-0.39, 0.29) is 12.0 Å². The quantitative estimate of drug-likeness (QED) is 0.754. The number of nitrogens with zero attached hydrogens (tertiary/aromatic N) is 4. The lowest BCUT2D eigenvalue weighted by atomic mass is 10.0. The van der Waals surface area contributed by atoms with Crippen LogP contribution in [0.15, 0.2) is 42.7 Å². The van der Waals surface area contributed by atoms with Gasteiger partial charge in [-0.05, 0) is 39.0 Å². The molecule has 0 fully saturated rings. The Morgan fingerprint density at radius 2 is 1.88 bits per heavy atom. The second-order valence-corrected chi connectivity index (χ2v) is 6.15. The van der Waals surface area contributed by atoms with Gasteiger partial charge in [0.25, 0.3) is 0 Å². The van der Waals surface area contributed by atoms with Crippen LogP contribution in [0.3, 0.4) is 0 Å². The maximum absolute atomic E-state index is 5.90. The van der Waals surface area contributed by atoms with E-state index in [1.807, 2.05) is 23.0 Å². The van der Waals surface area contributed by atoms with E-state index in [2.05, 4.69) is 59.4 Å². The lowest BCUT2D eigenvalue weighted by Gasteiger charge is -2.15. The molecule has 0 aliphatic heterocycles. The molecule has 3 aromatic rings. The van der Waals surface area contributed by atoms with Crippen molar-refractivity contribution in [1.82, 2.24) is 19.7 Å². The number of hydrogen-bond donors (Lipinski definition) is 2. The molecule has 0 spiro atoms. The Labute approximate surface area is 141 Å². The summed E-state index contributed by atoms with van der Waals surface area (Å²) >= 11 is 0. The maximum Gasteiger partial charge on any atom is 0.222 e. The van der Waals surface area contributed by atoms with Crippen LogP contribution in [0.25, 0.3) is 11.3 Å². The van der Waals surface area contributed by atoms with Gasteiger partial charge in [0.1, 0.15) is 5.82 Å². The monoisotopic (exact) mass is 322 g/mol. The average molecular weight is 322 g/mol. The van der Waals surface area contributed by atoms with E-state index in [1.54, 1.807) is 6.20 Å². The Kier molecular flexibility index (Phi) is 4.46. The zero-order valence-electron chi connectivity index (χ0n) is 14.2. The van der Waals surface area contributed by atoms with E-state index in [4.69, 9.17) is 5.73 Å². The highest BCUT2D eigenvalue weighted by molar-refractivity contribution is 5.65. The molecule has 0 aliphatic rings. The molecule has 6 heteroatoms. The fourth-order valence-corrected chi connectivity index (χ4v) is 2.80. The number of rotatable bonds is 5. The number of anilines is 2. The molecule has 0 saturated carbocycles. The van der Waals surface area contributed by atoms with E-state index in [0.717, 1.165) is 23.6 Å². The van der Waals surface area contributed by atoms with Gasteiger partial charge in [-0.1, -0.05) is 17.2 Å². The lowest BCUT2D eigenvalue weighted by Crippen LogP contribution is -2.23. The summed E-state index contributed by atoms with van der Waals surface area (Å²) in [6, 6.07) is 10.3. The summed E-state index contributed by atoms with van der Waals surface area (Å²) in [6.07, 6.45) is 3.71. The summed E-state index contributed by atoms with van der Waals surface area (Å²) in [5.41, 5.74) is 10.2. The van der Waals surface area contributed by atoms with Crippen LogP contribution < -0.4 is 11.1 Å². The van der Waals surface area contributed by atoms with Crippen LogP contribution in [0.1, 0.15) is 18.1 Å². The first-order valence-electron chi connectivity index (χ1n) is 7.97. The van der Waals surface area contributed by atoms with Crippen molar-refractivity contribution < 1.29 is 0 Å². The highest BCUT2D eigenvalue weighted by Gasteiger charge is 2.09. The molecule has 0 radical (unpaired) electrons. The minimum atomic E-state index is 0.159. The van der Waals surface area contributed by atoms with Gasteiger partial charge in [0, 0.05) is 30.1 Å². The molecule has 6 nitrogen and oxygen atoms in total. The summed E-state index contributed by atoms with van der Waals surface area (Å²) in [5.74, 6) is 0.983. The zero-order chi connectivity index (χ0) is 17.1. The first-order chi connectivity index (χ1) is 11.5. The summed E-state index contributed by atoms with van der Waals surface area (Å²) < 4.78 is 1.88. The van der Waals surface area contributed by atoms with E-state index < -0.39 is 0 Å². The molecular formula is C18H22N6. The molecule has 0 aliphatic carbocycles. The van der Waals surface area contributed by atoms with Crippen molar-refractivity contribution in [1.29, 1.82) is 0 Å². The first-order valence-corrected chi connectivity index (χ1v) is 7.97. The van der Waals surface area contributed by atoms with Gasteiger partial charge in [-0.25, -0.2) is 4.98 Å². The van der Waals surface area contributed by atoms with E-state index in [1.165, 1.54) is 11.1 Å². The third-order valence-corrected chi connectivity index (χ3v) is 3.68. The maximum atomic E-state index is 5.90. The third-order valence-electron chi connectivity index (χ3n) is 3.68. The number of hydrogen-bond acceptors (Lipinski definition) is 5. The summed E-state index contributed by atoms with van der Waals surface area (Å²) in [7, 11) is 0. The Hall–Kier alpha value is -2.89. The predicted octanol–water partition coefficient (Wildman–Crippen LogP) is 3.04. The Balaban J connectivity index is 1.83. The minimum absolute atomic E-state index is 0.159. The van der Waals surface area contributed by atoms with Gasteiger partial charge in [-0.15, -0.1) is 0 Å². The Morgan fingerprint density at radius 3 is 2.54 bits per heavy atom. The van der Waals surface area contributed by atoms with Gasteiger partial charge in [-0.2, -0.15) is 10.1 Å². The minimum Gasteiger partial charge on any atom is -0.368 e. The largest absolute Gasteiger partial charge is 0.368 e. The number of aromatic nitrogens is 4. The zero-order valence-corrected chi connectivity index (χ0v) is 14.2. The van der Waals surface area contributed by atoms with E-state index >= 15 is 0 Å². The second kappa shape index (κ2) is 6.70. The highest BCUT2D eigenvalue weighted by atomic mass is 15.3. The average Bonchev–Trinajstić information content (AvgIpc) is 2.98. The Bertz CT molecular complexity index is 805. The molecule has 0 saturated heterocycles. The van der Waals surface area contributed by atoms with Crippen molar-refractivity contribution in [3.05, 3.63) is 53.9 Å². The molecule has 0 amide bonds. The molecule has 1 atom stereocenters. The highest BCUT2D eigenvalue weighted by Crippen LogP contribution is 2.23. The molecule has 3 rings (SSSR count). The van der Waals surface area contributed by atoms with Crippen molar-refractivity contribution in [2.75, 3.05) is 11.1 Å². The molecule has 1 aromatic carbocycles. The van der Waals surface area contributed by atoms with Gasteiger partial charge >= 0.3 is 0 Å². The van der Waals surface area contributed by atoms with Gasteiger partial charge in [0.2, 0.25) is 5.95 Å². The van der Waals surface area contributed by atoms with Crippen molar-refractivity contribution in [3.63, 3.8) is 0 Å². The van der Waals surface area contributed by atoms with Crippen LogP contribution in [-0.4, -0.2) is 25.8 Å². The number of nitrogens with one attached hydrogen (secondary N) is 1. The topological polar surface area (TPSA) is 81.7 Å². The van der Waals surface area contributed by atoms with Crippen LogP contribution in [0.5, 0.6) is 0 Å². The number of nitrogen functional groups attached to an aromatic ring is 1. The van der Waals surface area contributed by atoms with Gasteiger partial charge in [-0.3, -0.25) is 4.68 Å². The lowest BCUT2D eigenvalue weighted by molar-refractivity contribution is 0.560. The number of nitrogens with two attached hydrogens (primary N) is 1. The van der Waals surface area contributed by atoms with Crippen LogP contribution in [0.4, 0.5) is 11.8 Å². The molecule has 2 heterocycles. The Morgan fingerprint density at radius 1 is 1.12 bits per heavy atom. The summed E-state index contributed by atoms with van der Waals surface area (Å²) in [6.45, 7) is 6.98. The van der Waals surface area contributed by atoms with Gasteiger partial charge in [0.05, 0.1) is 12.2 Å². The third kappa shape index (κ3) is 3.90. The first kappa shape index (κ1) is 16.0. The van der Waals surface area contributed by atoms with Crippen molar-refractivity contribution in [2.45, 2.75) is 33.4 Å². The fraction of sp³-hybridized carbons (Fsp3) is 0.278. The molecule has 2 aromatic heterocycles. The molecule has 124 valence electrons. The summed E-state index contributed by atoms with van der Waals surface area (Å²) in [4.78, 5) is 8.68. The standard InChI is InChI=1S/C18H22N6/c1-12-7-13(2)9-15(8-12)16-10-17(23-18(19)22-16)21-14(3)11-24-6-4-5-20-24/h4-10,14H,11H2,1-3H3,(H3,19,21,22,23). The number of aryl methyl sites for hydroxylation is 2. The van der Waals surface area contributed by atoms with Crippen molar-refractivity contribution in [3.8, 4) is 11.3 Å². The molecule has 1 unspecified atom stereocenters. The van der Waals surface area contributed by atoms with Crippen LogP contribution >= 0.6 is 0 Å². The normalized spacial score (nSPS) is 12.1. The molecular weight excluding hydrogens is 300 g/mol. The van der Waals surface area contributed by atoms with E-state index in [0.29, 0.717) is 0 Å². The van der Waals surface area contributed by atoms with Crippen molar-refractivity contribution in [2.24, 2.45) is 0 Å². The van der Waals surface area contributed by atoms with Crippen molar-refractivity contribution >= 4 is 11.8 Å². The molecule has 0 bridgehead atoms. The van der Waals surface area contributed by atoms with Crippen LogP contribution in [-0.2, 0) is 6.54 Å². The predicted molar refractivity (Wildman–Crippen MR) is 96.7 cm³/mol. The summed E-state index contributed by atoms with van der Waals surface area (Å²) in [5, 5.41) is 7.59. The van der Waals surface area contributed by atoms with E-state index in [9.17, 15) is 0 Å². The number of benzene rings is 1. The smallest absolute Gasteiger partial charge is 0.222 e. The van der Waals surface area contributed by atoms with Crippen LogP contribution in [0, 0.1) is 13.8 Å². The SMILES string of the molecule is Cc1cc(C)cc(-c2cc(NC(C)Cn3cccn3)nc(N)n2)c1. The van der Waals surface area contributed by atoms with Gasteiger partial charge < -0.3 is 11.1 Å². The van der Waals surface area contributed by atoms with Gasteiger partial charge in [0.15, 0.2) is 0 Å². The molecule has 3 N–H and O–H groups in total.